The lowest BCUT2D eigenvalue weighted by molar-refractivity contribution is 0.102. The molecule has 1 N–H and O–H groups in total. The number of carbonyl (C=O) groups is 1. The van der Waals surface area contributed by atoms with Crippen LogP contribution >= 0.6 is 22.6 Å². The molecule has 0 atom stereocenters. The number of ether oxygens (including phenoxy) is 2. The summed E-state index contributed by atoms with van der Waals surface area (Å²) < 4.78 is 11.3. The highest BCUT2D eigenvalue weighted by molar-refractivity contribution is 14.1. The second-order valence-corrected chi connectivity index (χ2v) is 6.58. The number of benzene rings is 2. The molecule has 0 aromatic heterocycles. The van der Waals surface area contributed by atoms with Gasteiger partial charge >= 0.3 is 0 Å². The molecule has 1 amide bonds. The summed E-state index contributed by atoms with van der Waals surface area (Å²) in [6, 6.07) is 11.4. The van der Waals surface area contributed by atoms with Gasteiger partial charge in [-0.3, -0.25) is 4.79 Å². The van der Waals surface area contributed by atoms with E-state index in [4.69, 9.17) is 9.47 Å². The first-order valence-electron chi connectivity index (χ1n) is 7.29. The van der Waals surface area contributed by atoms with Gasteiger partial charge in [-0.2, -0.15) is 0 Å². The van der Waals surface area contributed by atoms with Crippen LogP contribution in [0.5, 0.6) is 11.5 Å². The number of nitrogens with one attached hydrogen (secondary N) is 1. The van der Waals surface area contributed by atoms with Gasteiger partial charge in [0.1, 0.15) is 0 Å². The fraction of sp³-hybridized carbons (Fsp3) is 0.278. The van der Waals surface area contributed by atoms with Crippen LogP contribution in [0.15, 0.2) is 36.4 Å². The molecule has 0 saturated heterocycles. The van der Waals surface area contributed by atoms with Crippen LogP contribution < -0.4 is 14.8 Å². The van der Waals surface area contributed by atoms with Crippen LogP contribution in [0.1, 0.15) is 35.7 Å². The van der Waals surface area contributed by atoms with Gasteiger partial charge in [0, 0.05) is 9.26 Å². The third-order valence-electron chi connectivity index (χ3n) is 3.55. The van der Waals surface area contributed by atoms with Crippen LogP contribution in [0.25, 0.3) is 0 Å². The van der Waals surface area contributed by atoms with Crippen LogP contribution in [-0.4, -0.2) is 20.1 Å². The zero-order valence-corrected chi connectivity index (χ0v) is 15.8. The summed E-state index contributed by atoms with van der Waals surface area (Å²) in [4.78, 5) is 12.5. The number of rotatable bonds is 5. The van der Waals surface area contributed by atoms with Crippen molar-refractivity contribution in [3.05, 3.63) is 51.1 Å². The van der Waals surface area contributed by atoms with Gasteiger partial charge in [0.2, 0.25) is 0 Å². The van der Waals surface area contributed by atoms with Crippen LogP contribution in [0.2, 0.25) is 0 Å². The average molecular weight is 425 g/mol. The van der Waals surface area contributed by atoms with Crippen molar-refractivity contribution in [3.8, 4) is 11.5 Å². The van der Waals surface area contributed by atoms with Crippen LogP contribution in [0.3, 0.4) is 0 Å². The molecular formula is C18H20INO3. The topological polar surface area (TPSA) is 47.6 Å². The molecule has 2 aromatic carbocycles. The molecule has 23 heavy (non-hydrogen) atoms. The van der Waals surface area contributed by atoms with Gasteiger partial charge in [-0.15, -0.1) is 0 Å². The largest absolute Gasteiger partial charge is 0.493 e. The predicted molar refractivity (Wildman–Crippen MR) is 101 cm³/mol. The van der Waals surface area contributed by atoms with Gasteiger partial charge in [-0.1, -0.05) is 26.0 Å². The number of hydrogen-bond donors (Lipinski definition) is 1. The molecule has 0 bridgehead atoms. The maximum absolute atomic E-state index is 12.5. The highest BCUT2D eigenvalue weighted by atomic mass is 127. The maximum Gasteiger partial charge on any atom is 0.256 e. The molecule has 0 aliphatic carbocycles. The Kier molecular flexibility index (Phi) is 5.87. The van der Waals surface area contributed by atoms with E-state index >= 15 is 0 Å². The first kappa shape index (κ1) is 17.6. The smallest absolute Gasteiger partial charge is 0.256 e. The highest BCUT2D eigenvalue weighted by Gasteiger charge is 2.15. The van der Waals surface area contributed by atoms with Crippen molar-refractivity contribution in [1.82, 2.24) is 0 Å². The standard InChI is InChI=1S/C18H20INO3/c1-11(2)12-5-7-13(8-6-12)20-18(21)14-9-16(22-3)17(23-4)10-15(14)19/h5-11H,1-4H3,(H,20,21). The fourth-order valence-corrected chi connectivity index (χ4v) is 2.86. The minimum Gasteiger partial charge on any atom is -0.493 e. The quantitative estimate of drug-likeness (QED) is 0.708. The molecule has 0 heterocycles. The van der Waals surface area contributed by atoms with Crippen molar-refractivity contribution in [2.45, 2.75) is 19.8 Å². The number of amides is 1. The average Bonchev–Trinajstić information content (AvgIpc) is 2.54. The van der Waals surface area contributed by atoms with Gasteiger partial charge < -0.3 is 14.8 Å². The first-order chi connectivity index (χ1) is 11.0. The fourth-order valence-electron chi connectivity index (χ4n) is 2.18. The molecule has 0 aliphatic rings. The van der Waals surface area contributed by atoms with Crippen molar-refractivity contribution in [1.29, 1.82) is 0 Å². The van der Waals surface area contributed by atoms with Crippen LogP contribution in [-0.2, 0) is 0 Å². The van der Waals surface area contributed by atoms with Crippen LogP contribution in [0, 0.1) is 3.57 Å². The predicted octanol–water partition coefficient (Wildman–Crippen LogP) is 4.68. The lowest BCUT2D eigenvalue weighted by Crippen LogP contribution is -2.14. The number of carbonyl (C=O) groups excluding carboxylic acids is 1. The third kappa shape index (κ3) is 4.16. The Hall–Kier alpha value is -1.76. The normalized spacial score (nSPS) is 10.5. The molecular weight excluding hydrogens is 405 g/mol. The molecule has 0 aliphatic heterocycles. The zero-order valence-electron chi connectivity index (χ0n) is 13.6. The van der Waals surface area contributed by atoms with Gasteiger partial charge in [-0.05, 0) is 58.3 Å². The van der Waals surface area contributed by atoms with E-state index in [0.29, 0.717) is 23.0 Å². The van der Waals surface area contributed by atoms with E-state index in [9.17, 15) is 4.79 Å². The molecule has 4 nitrogen and oxygen atoms in total. The second-order valence-electron chi connectivity index (χ2n) is 5.42. The van der Waals surface area contributed by atoms with E-state index in [1.807, 2.05) is 24.3 Å². The van der Waals surface area contributed by atoms with Crippen molar-refractivity contribution in [3.63, 3.8) is 0 Å². The maximum atomic E-state index is 12.5. The van der Waals surface area contributed by atoms with E-state index in [0.717, 1.165) is 9.26 Å². The monoisotopic (exact) mass is 425 g/mol. The summed E-state index contributed by atoms with van der Waals surface area (Å²) in [6.07, 6.45) is 0. The van der Waals surface area contributed by atoms with Gasteiger partial charge in [0.25, 0.3) is 5.91 Å². The number of halogens is 1. The van der Waals surface area contributed by atoms with E-state index in [-0.39, 0.29) is 5.91 Å². The lowest BCUT2D eigenvalue weighted by Gasteiger charge is -2.12. The molecule has 5 heteroatoms. The molecule has 2 rings (SSSR count). The first-order valence-corrected chi connectivity index (χ1v) is 8.37. The molecule has 0 spiro atoms. The van der Waals surface area contributed by atoms with Gasteiger partial charge in [-0.25, -0.2) is 0 Å². The Morgan fingerprint density at radius 3 is 2.13 bits per heavy atom. The molecule has 0 saturated carbocycles. The molecule has 0 radical (unpaired) electrons. The molecule has 2 aromatic rings. The Morgan fingerprint density at radius 1 is 1.04 bits per heavy atom. The van der Waals surface area contributed by atoms with E-state index in [2.05, 4.69) is 41.8 Å². The van der Waals surface area contributed by atoms with E-state index < -0.39 is 0 Å². The zero-order chi connectivity index (χ0) is 17.0. The lowest BCUT2D eigenvalue weighted by atomic mass is 10.0. The number of anilines is 1. The van der Waals surface area contributed by atoms with Crippen molar-refractivity contribution in [2.24, 2.45) is 0 Å². The molecule has 122 valence electrons. The molecule has 0 unspecified atom stereocenters. The van der Waals surface area contributed by atoms with E-state index in [1.165, 1.54) is 5.56 Å². The summed E-state index contributed by atoms with van der Waals surface area (Å²) in [7, 11) is 3.13. The summed E-state index contributed by atoms with van der Waals surface area (Å²) >= 11 is 2.12. The Labute approximate surface area is 150 Å². The second kappa shape index (κ2) is 7.68. The van der Waals surface area contributed by atoms with Crippen LogP contribution in [0.4, 0.5) is 5.69 Å². The third-order valence-corrected chi connectivity index (χ3v) is 4.45. The summed E-state index contributed by atoms with van der Waals surface area (Å²) in [5, 5.41) is 2.91. The molecule has 0 fully saturated rings. The minimum atomic E-state index is -0.173. The highest BCUT2D eigenvalue weighted by Crippen LogP contribution is 2.31. The van der Waals surface area contributed by atoms with Crippen molar-refractivity contribution in [2.75, 3.05) is 19.5 Å². The van der Waals surface area contributed by atoms with Gasteiger partial charge in [0.15, 0.2) is 11.5 Å². The number of hydrogen-bond acceptors (Lipinski definition) is 3. The Balaban J connectivity index is 2.23. The minimum absolute atomic E-state index is 0.173. The summed E-state index contributed by atoms with van der Waals surface area (Å²) in [6.45, 7) is 4.28. The Morgan fingerprint density at radius 2 is 1.61 bits per heavy atom. The van der Waals surface area contributed by atoms with Crippen molar-refractivity contribution < 1.29 is 14.3 Å². The van der Waals surface area contributed by atoms with Crippen molar-refractivity contribution >= 4 is 34.2 Å². The SMILES string of the molecule is COc1cc(I)c(C(=O)Nc2ccc(C(C)C)cc2)cc1OC. The van der Waals surface area contributed by atoms with Gasteiger partial charge in [0.05, 0.1) is 19.8 Å². The summed E-state index contributed by atoms with van der Waals surface area (Å²) in [5.74, 6) is 1.43. The number of methoxy groups -OCH3 is 2. The Bertz CT molecular complexity index is 696. The van der Waals surface area contributed by atoms with E-state index in [1.54, 1.807) is 26.4 Å². The summed E-state index contributed by atoms with van der Waals surface area (Å²) in [5.41, 5.74) is 2.56.